The molecule has 4 aromatic rings. The van der Waals surface area contributed by atoms with E-state index >= 15 is 4.39 Å². The van der Waals surface area contributed by atoms with Crippen molar-refractivity contribution in [2.24, 2.45) is 5.92 Å². The summed E-state index contributed by atoms with van der Waals surface area (Å²) in [5.41, 5.74) is 0.715. The fourth-order valence-electron chi connectivity index (χ4n) is 5.98. The van der Waals surface area contributed by atoms with Gasteiger partial charge >= 0.3 is 11.9 Å². The van der Waals surface area contributed by atoms with Gasteiger partial charge in [0.1, 0.15) is 16.8 Å². The molecule has 39 heavy (non-hydrogen) atoms. The van der Waals surface area contributed by atoms with Crippen LogP contribution in [0.5, 0.6) is 0 Å². The van der Waals surface area contributed by atoms with Crippen LogP contribution < -0.4 is 4.90 Å². The number of rotatable bonds is 6. The Hall–Kier alpha value is -3.21. The summed E-state index contributed by atoms with van der Waals surface area (Å²) < 4.78 is 28.2. The third kappa shape index (κ3) is 3.83. The Morgan fingerprint density at radius 3 is 2.69 bits per heavy atom. The quantitative estimate of drug-likeness (QED) is 0.237. The minimum absolute atomic E-state index is 0.0201. The summed E-state index contributed by atoms with van der Waals surface area (Å²) in [4.78, 5) is 32.0. The Balaban J connectivity index is 1.33. The molecule has 1 saturated heterocycles. The molecule has 0 amide bonds. The number of aromatic nitrogens is 2. The molecule has 8 nitrogen and oxygen atoms in total. The zero-order chi connectivity index (χ0) is 27.1. The molecule has 1 N–H and O–H groups in total. The number of nitrogens with zero attached hydrogens (tertiary/aromatic N) is 3. The molecular formula is C27H20Cl2FN3O5S. The van der Waals surface area contributed by atoms with Gasteiger partial charge < -0.3 is 19.3 Å². The minimum Gasteiger partial charge on any atom is -0.478 e. The molecule has 0 unspecified atom stereocenters. The van der Waals surface area contributed by atoms with Crippen molar-refractivity contribution >= 4 is 62.4 Å². The molecule has 2 atom stereocenters. The number of hydrogen-bond acceptors (Lipinski definition) is 8. The number of carbonyl (C=O) groups is 2. The zero-order valence-electron chi connectivity index (χ0n) is 20.2. The second-order valence-electron chi connectivity index (χ2n) is 10.3. The molecule has 2 aliphatic carbocycles. The first-order valence-electron chi connectivity index (χ1n) is 12.5. The number of benzene rings is 2. The first-order chi connectivity index (χ1) is 18.8. The third-order valence-corrected chi connectivity index (χ3v) is 9.28. The molecule has 7 rings (SSSR count). The van der Waals surface area contributed by atoms with E-state index in [2.05, 4.69) is 10.1 Å². The number of anilines is 1. The van der Waals surface area contributed by atoms with Gasteiger partial charge in [-0.2, -0.15) is 0 Å². The summed E-state index contributed by atoms with van der Waals surface area (Å²) in [6.45, 7) is 0.350. The van der Waals surface area contributed by atoms with Gasteiger partial charge in [0.25, 0.3) is 0 Å². The number of halogens is 3. The monoisotopic (exact) mass is 587 g/mol. The van der Waals surface area contributed by atoms with Crippen molar-refractivity contribution < 1.29 is 28.3 Å². The molecule has 0 spiro atoms. The Morgan fingerprint density at radius 2 is 2.00 bits per heavy atom. The number of carbonyl (C=O) groups excluding carboxylic acids is 1. The normalized spacial score (nSPS) is 22.1. The Bertz CT molecular complexity index is 1670. The highest BCUT2D eigenvalue weighted by atomic mass is 35.5. The maximum atomic E-state index is 15.9. The number of aromatic carboxylic acids is 1. The van der Waals surface area contributed by atoms with Gasteiger partial charge in [0.15, 0.2) is 17.3 Å². The molecule has 12 heteroatoms. The average molecular weight is 588 g/mol. The van der Waals surface area contributed by atoms with Crippen LogP contribution in [0.4, 0.5) is 10.1 Å². The van der Waals surface area contributed by atoms with Crippen molar-refractivity contribution in [3.8, 4) is 11.3 Å². The van der Waals surface area contributed by atoms with Crippen LogP contribution in [0.2, 0.25) is 10.0 Å². The lowest BCUT2D eigenvalue weighted by Crippen LogP contribution is -2.49. The fourth-order valence-corrected chi connectivity index (χ4v) is 7.26. The van der Waals surface area contributed by atoms with E-state index in [1.54, 1.807) is 23.1 Å². The molecule has 3 heterocycles. The molecule has 200 valence electrons. The lowest BCUT2D eigenvalue weighted by atomic mass is 10.0. The average Bonchev–Trinajstić information content (AvgIpc) is 3.23. The van der Waals surface area contributed by atoms with Crippen LogP contribution in [0, 0.1) is 11.7 Å². The topological polar surface area (TPSA) is 106 Å². The van der Waals surface area contributed by atoms with E-state index in [9.17, 15) is 14.7 Å². The van der Waals surface area contributed by atoms with Crippen molar-refractivity contribution in [2.75, 3.05) is 11.4 Å². The van der Waals surface area contributed by atoms with E-state index in [1.165, 1.54) is 11.6 Å². The van der Waals surface area contributed by atoms with E-state index in [4.69, 9.17) is 32.5 Å². The van der Waals surface area contributed by atoms with Crippen molar-refractivity contribution in [2.45, 2.75) is 43.7 Å². The molecule has 2 aromatic heterocycles. The number of carboxylic acid groups (broad SMARTS) is 1. The van der Waals surface area contributed by atoms with Crippen molar-refractivity contribution in [1.29, 1.82) is 0 Å². The van der Waals surface area contributed by atoms with Crippen LogP contribution >= 0.6 is 34.5 Å². The summed E-state index contributed by atoms with van der Waals surface area (Å²) in [7, 11) is 0. The molecule has 3 aliphatic rings. The Labute approximate surface area is 235 Å². The van der Waals surface area contributed by atoms with E-state index in [1.807, 2.05) is 0 Å². The van der Waals surface area contributed by atoms with Gasteiger partial charge in [0, 0.05) is 30.9 Å². The molecule has 2 saturated carbocycles. The zero-order valence-corrected chi connectivity index (χ0v) is 22.6. The van der Waals surface area contributed by atoms with Gasteiger partial charge in [-0.25, -0.2) is 19.0 Å². The van der Waals surface area contributed by atoms with Crippen LogP contribution in [0.15, 0.2) is 34.3 Å². The Kier molecular flexibility index (Phi) is 5.66. The van der Waals surface area contributed by atoms with Crippen LogP contribution in [-0.2, 0) is 4.74 Å². The standard InChI is InChI=1S/C27H20Cl2FN3O5S/c28-15-2-1-3-16(29)18(15)22-19(24(38-32-22)13-4-5-13)26(36)37-27-7-6-12(9-27)10-33(27)23-14(25(34)35)8-17-21(20(23)30)31-11-39-17/h1-3,8,11-13H,4-7,9-10H2,(H,34,35)/t12-,27-/m0/s1. The number of piperidine rings is 1. The third-order valence-electron chi connectivity index (χ3n) is 7.88. The summed E-state index contributed by atoms with van der Waals surface area (Å²) in [6, 6.07) is 6.41. The highest BCUT2D eigenvalue weighted by molar-refractivity contribution is 7.16. The van der Waals surface area contributed by atoms with Crippen molar-refractivity contribution in [3.63, 3.8) is 0 Å². The number of thiazole rings is 1. The summed E-state index contributed by atoms with van der Waals surface area (Å²) in [6.07, 6.45) is 3.30. The molecule has 2 bridgehead atoms. The predicted molar refractivity (Wildman–Crippen MR) is 143 cm³/mol. The number of hydrogen-bond donors (Lipinski definition) is 1. The molecule has 0 radical (unpaired) electrons. The first-order valence-corrected chi connectivity index (χ1v) is 14.1. The summed E-state index contributed by atoms with van der Waals surface area (Å²) >= 11 is 14.1. The number of esters is 1. The van der Waals surface area contributed by atoms with E-state index in [0.717, 1.165) is 30.6 Å². The largest absolute Gasteiger partial charge is 0.478 e. The molecular weight excluding hydrogens is 568 g/mol. The number of fused-ring (bicyclic) bond motifs is 3. The van der Waals surface area contributed by atoms with E-state index in [-0.39, 0.29) is 39.9 Å². The van der Waals surface area contributed by atoms with Gasteiger partial charge in [0.2, 0.25) is 0 Å². The van der Waals surface area contributed by atoms with Gasteiger partial charge in [-0.05, 0) is 43.4 Å². The van der Waals surface area contributed by atoms with Gasteiger partial charge in [0.05, 0.1) is 31.5 Å². The van der Waals surface area contributed by atoms with E-state index < -0.39 is 23.5 Å². The lowest BCUT2D eigenvalue weighted by Gasteiger charge is -2.40. The van der Waals surface area contributed by atoms with Crippen LogP contribution in [0.25, 0.3) is 21.5 Å². The van der Waals surface area contributed by atoms with Gasteiger partial charge in [-0.15, -0.1) is 11.3 Å². The lowest BCUT2D eigenvalue weighted by molar-refractivity contribution is -0.0113. The Morgan fingerprint density at radius 1 is 1.23 bits per heavy atom. The number of ether oxygens (including phenoxy) is 1. The van der Waals surface area contributed by atoms with Crippen molar-refractivity contribution in [3.05, 3.63) is 62.5 Å². The summed E-state index contributed by atoms with van der Waals surface area (Å²) in [5.74, 6) is -2.17. The molecule has 2 aromatic carbocycles. The van der Waals surface area contributed by atoms with E-state index in [0.29, 0.717) is 45.5 Å². The highest BCUT2D eigenvalue weighted by Crippen LogP contribution is 2.53. The number of carboxylic acids is 1. The van der Waals surface area contributed by atoms with Gasteiger partial charge in [-0.1, -0.05) is 34.4 Å². The van der Waals surface area contributed by atoms with Crippen LogP contribution in [0.3, 0.4) is 0 Å². The second-order valence-corrected chi connectivity index (χ2v) is 12.0. The molecule has 1 aliphatic heterocycles. The van der Waals surface area contributed by atoms with Crippen molar-refractivity contribution in [1.82, 2.24) is 10.1 Å². The minimum atomic E-state index is -1.27. The van der Waals surface area contributed by atoms with Gasteiger partial charge in [-0.3, -0.25) is 0 Å². The molecule has 3 fully saturated rings. The maximum Gasteiger partial charge on any atom is 0.346 e. The maximum absolute atomic E-state index is 15.9. The fraction of sp³-hybridized carbons (Fsp3) is 0.333. The SMILES string of the molecule is O=C(O)c1cc2scnc2c(F)c1N1C[C@H]2CC[C@]1(OC(=O)c1c(-c3c(Cl)cccc3Cl)noc1C1CC1)C2. The second kappa shape index (κ2) is 8.90. The smallest absolute Gasteiger partial charge is 0.346 e. The summed E-state index contributed by atoms with van der Waals surface area (Å²) in [5, 5.41) is 14.8. The predicted octanol–water partition coefficient (Wildman–Crippen LogP) is 7.15. The first kappa shape index (κ1) is 24.8. The van der Waals surface area contributed by atoms with Crippen LogP contribution in [-0.4, -0.2) is 39.5 Å². The van der Waals surface area contributed by atoms with Crippen LogP contribution in [0.1, 0.15) is 64.5 Å². The highest BCUT2D eigenvalue weighted by Gasteiger charge is 2.56.